The standard InChI is InChI=1S/C8H3Br3F2O3/c9-3-1-4(10)6(5(11)2-3)16-8(12,13)7(14)15/h1-2H,(H,14,15)/p-1. The van der Waals surface area contributed by atoms with Gasteiger partial charge in [0.2, 0.25) is 0 Å². The van der Waals surface area contributed by atoms with Gasteiger partial charge in [0.25, 0.3) is 0 Å². The van der Waals surface area contributed by atoms with E-state index in [1.54, 1.807) is 0 Å². The highest BCUT2D eigenvalue weighted by atomic mass is 79.9. The van der Waals surface area contributed by atoms with E-state index in [0.717, 1.165) is 0 Å². The average molecular weight is 424 g/mol. The van der Waals surface area contributed by atoms with E-state index in [1.165, 1.54) is 12.1 Å². The molecule has 3 nitrogen and oxygen atoms in total. The number of aliphatic carboxylic acids is 1. The lowest BCUT2D eigenvalue weighted by Crippen LogP contribution is -2.45. The molecule has 0 unspecified atom stereocenters. The molecule has 88 valence electrons. The van der Waals surface area contributed by atoms with Gasteiger partial charge in [-0.25, -0.2) is 0 Å². The first-order chi connectivity index (χ1) is 7.24. The van der Waals surface area contributed by atoms with E-state index in [9.17, 15) is 18.7 Å². The third kappa shape index (κ3) is 3.14. The van der Waals surface area contributed by atoms with Gasteiger partial charge in [0, 0.05) is 4.47 Å². The molecule has 0 bridgehead atoms. The minimum Gasteiger partial charge on any atom is -0.541 e. The summed E-state index contributed by atoms with van der Waals surface area (Å²) in [7, 11) is 0. The maximum absolute atomic E-state index is 12.8. The highest BCUT2D eigenvalue weighted by Crippen LogP contribution is 2.38. The lowest BCUT2D eigenvalue weighted by Gasteiger charge is -2.20. The first-order valence-corrected chi connectivity index (χ1v) is 6.05. The van der Waals surface area contributed by atoms with Crippen molar-refractivity contribution >= 4 is 53.8 Å². The van der Waals surface area contributed by atoms with E-state index in [2.05, 4.69) is 52.5 Å². The molecular formula is C8H2Br3F2O3-. The second kappa shape index (κ2) is 4.97. The Morgan fingerprint density at radius 2 is 1.69 bits per heavy atom. The molecule has 0 aliphatic carbocycles. The van der Waals surface area contributed by atoms with Gasteiger partial charge in [-0.15, -0.1) is 0 Å². The van der Waals surface area contributed by atoms with Gasteiger partial charge in [-0.2, -0.15) is 8.78 Å². The Morgan fingerprint density at radius 1 is 1.25 bits per heavy atom. The summed E-state index contributed by atoms with van der Waals surface area (Å²) in [6, 6.07) is 2.87. The van der Waals surface area contributed by atoms with Crippen LogP contribution in [0.25, 0.3) is 0 Å². The topological polar surface area (TPSA) is 49.4 Å². The van der Waals surface area contributed by atoms with Crippen LogP contribution in [0.4, 0.5) is 8.78 Å². The van der Waals surface area contributed by atoms with E-state index in [0.29, 0.717) is 4.47 Å². The second-order valence-corrected chi connectivity index (χ2v) is 5.23. The van der Waals surface area contributed by atoms with Crippen LogP contribution >= 0.6 is 47.8 Å². The molecule has 0 saturated carbocycles. The van der Waals surface area contributed by atoms with Crippen LogP contribution in [0.1, 0.15) is 0 Å². The normalized spacial score (nSPS) is 11.3. The first-order valence-electron chi connectivity index (χ1n) is 3.67. The molecule has 0 aliphatic rings. The van der Waals surface area contributed by atoms with E-state index >= 15 is 0 Å². The summed E-state index contributed by atoms with van der Waals surface area (Å²) in [6.45, 7) is 0. The summed E-state index contributed by atoms with van der Waals surface area (Å²) in [5.74, 6) is -2.92. The van der Waals surface area contributed by atoms with Gasteiger partial charge in [0.05, 0.1) is 8.95 Å². The molecule has 0 spiro atoms. The monoisotopic (exact) mass is 421 g/mol. The Bertz CT molecular complexity index is 414. The van der Waals surface area contributed by atoms with Crippen molar-refractivity contribution in [3.05, 3.63) is 25.6 Å². The van der Waals surface area contributed by atoms with Gasteiger partial charge >= 0.3 is 6.11 Å². The number of carboxylic acids is 1. The highest BCUT2D eigenvalue weighted by Gasteiger charge is 2.35. The lowest BCUT2D eigenvalue weighted by atomic mass is 10.3. The summed E-state index contributed by atoms with van der Waals surface area (Å²) in [5, 5.41) is 10.1. The van der Waals surface area contributed by atoms with Crippen molar-refractivity contribution in [3.63, 3.8) is 0 Å². The van der Waals surface area contributed by atoms with E-state index < -0.39 is 12.1 Å². The van der Waals surface area contributed by atoms with Crippen molar-refractivity contribution in [2.24, 2.45) is 0 Å². The minimum atomic E-state index is -4.39. The molecule has 0 heterocycles. The van der Waals surface area contributed by atoms with Crippen molar-refractivity contribution in [2.75, 3.05) is 0 Å². The number of carbonyl (C=O) groups excluding carboxylic acids is 1. The van der Waals surface area contributed by atoms with Crippen molar-refractivity contribution in [1.82, 2.24) is 0 Å². The summed E-state index contributed by atoms with van der Waals surface area (Å²) in [4.78, 5) is 10.1. The Morgan fingerprint density at radius 3 is 2.06 bits per heavy atom. The molecular weight excluding hydrogens is 422 g/mol. The quantitative estimate of drug-likeness (QED) is 0.751. The molecule has 0 N–H and O–H groups in total. The molecule has 0 aliphatic heterocycles. The van der Waals surface area contributed by atoms with Crippen LogP contribution in [0, 0.1) is 0 Å². The summed E-state index contributed by atoms with van der Waals surface area (Å²) >= 11 is 9.06. The highest BCUT2D eigenvalue weighted by molar-refractivity contribution is 9.11. The molecule has 1 rings (SSSR count). The fraction of sp³-hybridized carbons (Fsp3) is 0.125. The van der Waals surface area contributed by atoms with Crippen LogP contribution in [-0.4, -0.2) is 12.1 Å². The molecule has 0 aromatic heterocycles. The summed E-state index contributed by atoms with van der Waals surface area (Å²) in [6.07, 6.45) is -4.39. The Hall–Kier alpha value is -0.210. The predicted octanol–water partition coefficient (Wildman–Crippen LogP) is 2.70. The number of hydrogen-bond acceptors (Lipinski definition) is 3. The van der Waals surface area contributed by atoms with Crippen molar-refractivity contribution in [1.29, 1.82) is 0 Å². The Kier molecular flexibility index (Phi) is 4.30. The zero-order valence-corrected chi connectivity index (χ0v) is 12.0. The zero-order chi connectivity index (χ0) is 12.5. The molecule has 16 heavy (non-hydrogen) atoms. The van der Waals surface area contributed by atoms with Gasteiger partial charge in [0.1, 0.15) is 0 Å². The number of ether oxygens (including phenoxy) is 1. The minimum absolute atomic E-state index is 0.176. The number of carboxylic acid groups (broad SMARTS) is 1. The molecule has 0 fully saturated rings. The first kappa shape index (κ1) is 13.9. The molecule has 0 saturated heterocycles. The Labute approximate surface area is 114 Å². The van der Waals surface area contributed by atoms with Crippen LogP contribution in [0.5, 0.6) is 5.75 Å². The SMILES string of the molecule is O=C([O-])C(F)(F)Oc1c(Br)cc(Br)cc1Br. The van der Waals surface area contributed by atoms with Gasteiger partial charge < -0.3 is 14.6 Å². The average Bonchev–Trinajstić information content (AvgIpc) is 2.11. The maximum Gasteiger partial charge on any atom is 0.441 e. The molecule has 0 radical (unpaired) electrons. The Balaban J connectivity index is 3.11. The summed E-state index contributed by atoms with van der Waals surface area (Å²) in [5.41, 5.74) is 0. The number of alkyl halides is 2. The molecule has 8 heteroatoms. The third-order valence-corrected chi connectivity index (χ3v) is 3.07. The van der Waals surface area contributed by atoms with Gasteiger partial charge in [-0.1, -0.05) is 15.9 Å². The lowest BCUT2D eigenvalue weighted by molar-refractivity contribution is -0.350. The van der Waals surface area contributed by atoms with Crippen LogP contribution in [-0.2, 0) is 4.79 Å². The van der Waals surface area contributed by atoms with Gasteiger partial charge in [-0.3, -0.25) is 0 Å². The van der Waals surface area contributed by atoms with Crippen LogP contribution in [0.15, 0.2) is 25.6 Å². The number of benzene rings is 1. The van der Waals surface area contributed by atoms with E-state index in [-0.39, 0.29) is 14.7 Å². The smallest absolute Gasteiger partial charge is 0.441 e. The molecule has 0 atom stereocenters. The molecule has 1 aromatic rings. The van der Waals surface area contributed by atoms with Crippen LogP contribution in [0.2, 0.25) is 0 Å². The van der Waals surface area contributed by atoms with Gasteiger partial charge in [0.15, 0.2) is 11.7 Å². The maximum atomic E-state index is 12.8. The third-order valence-electron chi connectivity index (χ3n) is 1.43. The second-order valence-electron chi connectivity index (χ2n) is 2.60. The van der Waals surface area contributed by atoms with E-state index in [4.69, 9.17) is 0 Å². The fourth-order valence-electron chi connectivity index (χ4n) is 0.796. The van der Waals surface area contributed by atoms with Crippen LogP contribution in [0.3, 0.4) is 0 Å². The zero-order valence-electron chi connectivity index (χ0n) is 7.27. The molecule has 0 amide bonds. The number of rotatable bonds is 3. The van der Waals surface area contributed by atoms with E-state index in [1.807, 2.05) is 0 Å². The number of hydrogen-bond donors (Lipinski definition) is 0. The molecule has 1 aromatic carbocycles. The van der Waals surface area contributed by atoms with Crippen molar-refractivity contribution < 1.29 is 23.4 Å². The largest absolute Gasteiger partial charge is 0.541 e. The number of carbonyl (C=O) groups is 1. The van der Waals surface area contributed by atoms with Crippen molar-refractivity contribution in [2.45, 2.75) is 6.11 Å². The summed E-state index contributed by atoms with van der Waals surface area (Å²) < 4.78 is 30.5. The van der Waals surface area contributed by atoms with Crippen LogP contribution < -0.4 is 9.84 Å². The van der Waals surface area contributed by atoms with Crippen molar-refractivity contribution in [3.8, 4) is 5.75 Å². The fourth-order valence-corrected chi connectivity index (χ4v) is 3.22. The van der Waals surface area contributed by atoms with Gasteiger partial charge in [-0.05, 0) is 44.0 Å². The number of halogens is 5. The predicted molar refractivity (Wildman–Crippen MR) is 60.1 cm³/mol.